The van der Waals surface area contributed by atoms with E-state index in [2.05, 4.69) is 40.5 Å². The van der Waals surface area contributed by atoms with Crippen molar-refractivity contribution in [3.8, 4) is 18.1 Å². The van der Waals surface area contributed by atoms with Crippen molar-refractivity contribution in [2.45, 2.75) is 18.9 Å². The van der Waals surface area contributed by atoms with Crippen LogP contribution in [-0.2, 0) is 6.42 Å². The molecule has 3 nitrogen and oxygen atoms in total. The van der Waals surface area contributed by atoms with E-state index in [4.69, 9.17) is 22.8 Å². The van der Waals surface area contributed by atoms with Crippen molar-refractivity contribution in [1.82, 2.24) is 10.3 Å². The van der Waals surface area contributed by atoms with Crippen molar-refractivity contribution in [3.63, 3.8) is 0 Å². The highest BCUT2D eigenvalue weighted by Gasteiger charge is 2.25. The fourth-order valence-corrected chi connectivity index (χ4v) is 3.64. The zero-order valence-corrected chi connectivity index (χ0v) is 14.6. The Hall–Kier alpha value is -2.41. The number of nitrogens with one attached hydrogen (secondary N) is 2. The standard InChI is InChI=1S/C21H19ClN2O/c1-2-3-12-25-16-7-4-14(5-8-16)20-21-17(10-11-23-20)18-13-15(22)6-9-19(18)24-21/h1,4-9,13,20,23-24H,3,10-12H2. The van der Waals surface area contributed by atoms with Crippen LogP contribution in [0, 0.1) is 12.3 Å². The predicted octanol–water partition coefficient (Wildman–Crippen LogP) is 4.46. The third kappa shape index (κ3) is 3.11. The van der Waals surface area contributed by atoms with E-state index in [0.717, 1.165) is 29.3 Å². The first-order chi connectivity index (χ1) is 12.3. The van der Waals surface area contributed by atoms with E-state index < -0.39 is 0 Å². The van der Waals surface area contributed by atoms with E-state index in [1.165, 1.54) is 22.2 Å². The van der Waals surface area contributed by atoms with Crippen molar-refractivity contribution < 1.29 is 4.74 Å². The smallest absolute Gasteiger partial charge is 0.119 e. The maximum absolute atomic E-state index is 6.19. The number of hydrogen-bond acceptors (Lipinski definition) is 2. The minimum absolute atomic E-state index is 0.148. The average Bonchev–Trinajstić information content (AvgIpc) is 3.00. The highest BCUT2D eigenvalue weighted by Crippen LogP contribution is 2.35. The molecule has 1 atom stereocenters. The second-order valence-corrected chi connectivity index (χ2v) is 6.65. The molecule has 4 heteroatoms. The molecule has 3 aromatic rings. The summed E-state index contributed by atoms with van der Waals surface area (Å²) >= 11 is 6.19. The van der Waals surface area contributed by atoms with Crippen LogP contribution < -0.4 is 10.1 Å². The van der Waals surface area contributed by atoms with Gasteiger partial charge in [0.25, 0.3) is 0 Å². The Morgan fingerprint density at radius 3 is 2.84 bits per heavy atom. The Morgan fingerprint density at radius 2 is 2.04 bits per heavy atom. The molecule has 0 bridgehead atoms. The van der Waals surface area contributed by atoms with Gasteiger partial charge in [0.1, 0.15) is 5.75 Å². The molecular weight excluding hydrogens is 332 g/mol. The molecule has 1 aliphatic rings. The molecule has 4 rings (SSSR count). The molecule has 2 N–H and O–H groups in total. The fourth-order valence-electron chi connectivity index (χ4n) is 3.47. The summed E-state index contributed by atoms with van der Waals surface area (Å²) in [7, 11) is 0. The summed E-state index contributed by atoms with van der Waals surface area (Å²) in [5, 5.41) is 5.61. The zero-order chi connectivity index (χ0) is 17.2. The van der Waals surface area contributed by atoms with Gasteiger partial charge in [-0.05, 0) is 47.9 Å². The number of aromatic nitrogens is 1. The lowest BCUT2D eigenvalue weighted by molar-refractivity contribution is 0.327. The number of rotatable bonds is 4. The average molecular weight is 351 g/mol. The lowest BCUT2D eigenvalue weighted by Crippen LogP contribution is -2.30. The van der Waals surface area contributed by atoms with Crippen molar-refractivity contribution in [1.29, 1.82) is 0 Å². The topological polar surface area (TPSA) is 37.0 Å². The van der Waals surface area contributed by atoms with Gasteiger partial charge in [0.05, 0.1) is 12.6 Å². The Bertz CT molecular complexity index is 937. The number of H-pyrrole nitrogens is 1. The number of halogens is 1. The highest BCUT2D eigenvalue weighted by molar-refractivity contribution is 6.31. The van der Waals surface area contributed by atoms with Gasteiger partial charge in [-0.3, -0.25) is 0 Å². The summed E-state index contributed by atoms with van der Waals surface area (Å²) in [6.07, 6.45) is 6.87. The normalized spacial score (nSPS) is 16.4. The van der Waals surface area contributed by atoms with Gasteiger partial charge in [-0.25, -0.2) is 0 Å². The van der Waals surface area contributed by atoms with Crippen LogP contribution >= 0.6 is 11.6 Å². The Kier molecular flexibility index (Phi) is 4.40. The molecule has 0 aliphatic carbocycles. The number of hydrogen-bond donors (Lipinski definition) is 2. The third-order valence-corrected chi connectivity index (χ3v) is 4.88. The molecule has 0 fully saturated rings. The maximum Gasteiger partial charge on any atom is 0.119 e. The minimum Gasteiger partial charge on any atom is -0.493 e. The number of ether oxygens (including phenoxy) is 1. The minimum atomic E-state index is 0.148. The monoisotopic (exact) mass is 350 g/mol. The number of benzene rings is 2. The molecule has 2 heterocycles. The first kappa shape index (κ1) is 16.1. The Labute approximate surface area is 152 Å². The van der Waals surface area contributed by atoms with Gasteiger partial charge in [-0.15, -0.1) is 12.3 Å². The van der Waals surface area contributed by atoms with E-state index >= 15 is 0 Å². The van der Waals surface area contributed by atoms with Gasteiger partial charge in [-0.1, -0.05) is 23.7 Å². The summed E-state index contributed by atoms with van der Waals surface area (Å²) in [6, 6.07) is 14.4. The first-order valence-corrected chi connectivity index (χ1v) is 8.83. The van der Waals surface area contributed by atoms with Gasteiger partial charge >= 0.3 is 0 Å². The summed E-state index contributed by atoms with van der Waals surface area (Å²) in [5.74, 6) is 3.43. The number of aromatic amines is 1. The van der Waals surface area contributed by atoms with Crippen molar-refractivity contribution >= 4 is 22.5 Å². The number of terminal acetylenes is 1. The fraction of sp³-hybridized carbons (Fsp3) is 0.238. The van der Waals surface area contributed by atoms with Crippen LogP contribution in [0.3, 0.4) is 0 Å². The largest absolute Gasteiger partial charge is 0.493 e. The lowest BCUT2D eigenvalue weighted by Gasteiger charge is -2.25. The third-order valence-electron chi connectivity index (χ3n) is 4.64. The summed E-state index contributed by atoms with van der Waals surface area (Å²) < 4.78 is 5.63. The van der Waals surface area contributed by atoms with E-state index in [1.54, 1.807) is 0 Å². The second kappa shape index (κ2) is 6.84. The molecule has 0 saturated heterocycles. The van der Waals surface area contributed by atoms with Crippen LogP contribution in [-0.4, -0.2) is 18.1 Å². The first-order valence-electron chi connectivity index (χ1n) is 8.46. The summed E-state index contributed by atoms with van der Waals surface area (Å²) in [5.41, 5.74) is 4.93. The predicted molar refractivity (Wildman–Crippen MR) is 102 cm³/mol. The van der Waals surface area contributed by atoms with Gasteiger partial charge < -0.3 is 15.0 Å². The maximum atomic E-state index is 6.19. The van der Waals surface area contributed by atoms with E-state index in [1.807, 2.05) is 18.2 Å². The van der Waals surface area contributed by atoms with E-state index in [-0.39, 0.29) is 6.04 Å². The molecule has 0 amide bonds. The highest BCUT2D eigenvalue weighted by atomic mass is 35.5. The SMILES string of the molecule is C#CCCOc1ccc(C2NCCc3c2[nH]c2ccc(Cl)cc32)cc1. The van der Waals surface area contributed by atoms with Gasteiger partial charge in [0.15, 0.2) is 0 Å². The summed E-state index contributed by atoms with van der Waals surface area (Å²) in [6.45, 7) is 1.49. The van der Waals surface area contributed by atoms with Gasteiger partial charge in [-0.2, -0.15) is 0 Å². The molecule has 0 saturated carbocycles. The molecule has 126 valence electrons. The van der Waals surface area contributed by atoms with Crippen LogP contribution in [0.15, 0.2) is 42.5 Å². The van der Waals surface area contributed by atoms with Crippen molar-refractivity contribution in [2.24, 2.45) is 0 Å². The van der Waals surface area contributed by atoms with Crippen LogP contribution in [0.2, 0.25) is 5.02 Å². The van der Waals surface area contributed by atoms with Crippen molar-refractivity contribution in [2.75, 3.05) is 13.2 Å². The van der Waals surface area contributed by atoms with Crippen LogP contribution in [0.1, 0.15) is 29.3 Å². The molecule has 1 aliphatic heterocycles. The van der Waals surface area contributed by atoms with Crippen LogP contribution in [0.25, 0.3) is 10.9 Å². The quantitative estimate of drug-likeness (QED) is 0.538. The van der Waals surface area contributed by atoms with Crippen molar-refractivity contribution in [3.05, 3.63) is 64.3 Å². The lowest BCUT2D eigenvalue weighted by atomic mass is 9.94. The molecule has 0 radical (unpaired) electrons. The van der Waals surface area contributed by atoms with E-state index in [0.29, 0.717) is 13.0 Å². The number of fused-ring (bicyclic) bond motifs is 3. The zero-order valence-electron chi connectivity index (χ0n) is 13.8. The van der Waals surface area contributed by atoms with Crippen LogP contribution in [0.5, 0.6) is 5.75 Å². The molecule has 1 unspecified atom stereocenters. The molecule has 1 aromatic heterocycles. The van der Waals surface area contributed by atoms with E-state index in [9.17, 15) is 0 Å². The van der Waals surface area contributed by atoms with Gasteiger partial charge in [0.2, 0.25) is 0 Å². The van der Waals surface area contributed by atoms with Crippen LogP contribution in [0.4, 0.5) is 0 Å². The second-order valence-electron chi connectivity index (χ2n) is 6.22. The molecule has 0 spiro atoms. The summed E-state index contributed by atoms with van der Waals surface area (Å²) in [4.78, 5) is 3.57. The Balaban J connectivity index is 1.64. The molecular formula is C21H19ClN2O. The molecule has 2 aromatic carbocycles. The Morgan fingerprint density at radius 1 is 1.20 bits per heavy atom. The molecule has 25 heavy (non-hydrogen) atoms. The van der Waals surface area contributed by atoms with Gasteiger partial charge in [0, 0.05) is 34.6 Å².